The van der Waals surface area contributed by atoms with Crippen LogP contribution in [0.3, 0.4) is 0 Å². The van der Waals surface area contributed by atoms with Crippen LogP contribution in [0.1, 0.15) is 207 Å². The first-order chi connectivity index (χ1) is 25.8. The predicted molar refractivity (Wildman–Crippen MR) is 220 cm³/mol. The summed E-state index contributed by atoms with van der Waals surface area (Å²) in [5.41, 5.74) is 0. The van der Waals surface area contributed by atoms with E-state index in [0.29, 0.717) is 25.9 Å². The Morgan fingerprint density at radius 3 is 1.38 bits per heavy atom. The maximum Gasteiger partial charge on any atom is 0.475 e. The highest BCUT2D eigenvalue weighted by Gasteiger charge is 2.34. The highest BCUT2D eigenvalue weighted by atomic mass is 31.2. The van der Waals surface area contributed by atoms with Crippen LogP contribution in [0, 0.1) is 0 Å². The minimum absolute atomic E-state index is 0.0686. The molecule has 2 N–H and O–H groups in total. The van der Waals surface area contributed by atoms with Crippen LogP contribution in [-0.4, -0.2) is 48.9 Å². The molecule has 0 bridgehead atoms. The van der Waals surface area contributed by atoms with Gasteiger partial charge in [-0.1, -0.05) is 148 Å². The van der Waals surface area contributed by atoms with Gasteiger partial charge in [0, 0.05) is 19.4 Å². The molecule has 0 saturated heterocycles. The molecule has 0 aliphatic carbocycles. The van der Waals surface area contributed by atoms with Gasteiger partial charge in [-0.05, 0) is 77.7 Å². The van der Waals surface area contributed by atoms with E-state index in [4.69, 9.17) is 18.5 Å². The number of phosphoric acid groups is 1. The monoisotopic (exact) mass is 772 g/mol. The molecule has 0 aromatic heterocycles. The van der Waals surface area contributed by atoms with Crippen molar-refractivity contribution in [2.45, 2.75) is 220 Å². The summed E-state index contributed by atoms with van der Waals surface area (Å²) >= 11 is 0. The third-order valence-corrected chi connectivity index (χ3v) is 10.2. The lowest BCUT2D eigenvalue weighted by molar-refractivity contribution is -0.193. The van der Waals surface area contributed by atoms with Gasteiger partial charge in [0.15, 0.2) is 6.10 Å². The van der Waals surface area contributed by atoms with E-state index in [1.807, 2.05) is 6.92 Å². The van der Waals surface area contributed by atoms with E-state index in [2.05, 4.69) is 43.5 Å². The molecule has 0 radical (unpaired) electrons. The van der Waals surface area contributed by atoms with Crippen LogP contribution < -0.4 is 5.32 Å². The Labute approximate surface area is 325 Å². The van der Waals surface area contributed by atoms with Crippen LogP contribution in [0.5, 0.6) is 0 Å². The van der Waals surface area contributed by atoms with E-state index in [1.165, 1.54) is 96.8 Å². The molecule has 53 heavy (non-hydrogen) atoms. The van der Waals surface area contributed by atoms with Crippen molar-refractivity contribution in [3.63, 3.8) is 0 Å². The number of unbranched alkanes of at least 4 members (excludes halogenated alkanes) is 22. The summed E-state index contributed by atoms with van der Waals surface area (Å²) < 4.78 is 33.9. The summed E-state index contributed by atoms with van der Waals surface area (Å²) in [6.45, 7) is 8.87. The molecule has 0 spiro atoms. The van der Waals surface area contributed by atoms with Crippen LogP contribution >= 0.6 is 7.82 Å². The fraction of sp³-hybridized carbons (Fsp3) is 0.860. The quantitative estimate of drug-likeness (QED) is 0.0206. The Bertz CT molecular complexity index is 943. The third kappa shape index (κ3) is 37.2. The summed E-state index contributed by atoms with van der Waals surface area (Å²) in [6.07, 6.45) is 37.1. The number of carbonyl (C=O) groups excluding carboxylic acids is 2. The molecule has 10 heteroatoms. The average Bonchev–Trinajstić information content (AvgIpc) is 3.13. The second-order valence-corrected chi connectivity index (χ2v) is 15.9. The van der Waals surface area contributed by atoms with Crippen molar-refractivity contribution in [2.24, 2.45) is 0 Å². The molecule has 2 unspecified atom stereocenters. The summed E-state index contributed by atoms with van der Waals surface area (Å²) in [6, 6.07) is 0. The van der Waals surface area contributed by atoms with Gasteiger partial charge in [-0.25, -0.2) is 9.09 Å². The van der Waals surface area contributed by atoms with Crippen molar-refractivity contribution in [1.82, 2.24) is 5.32 Å². The molecule has 0 rings (SSSR count). The molecule has 312 valence electrons. The van der Waals surface area contributed by atoms with Crippen LogP contribution in [0.25, 0.3) is 0 Å². The standard InChI is InChI=1S/C43H82NO8P/c1-5-8-10-12-14-16-18-20-22-24-26-28-30-32-34-36-41(45)50-40(4)43(52-53(47,48)49-39-38-44-7-3)51-42(46)37-35-33-31-29-27-25-23-21-19-17-15-13-11-9-6-2/h20-23,40,43-44H,5-19,24-39H2,1-4H3,(H,47,48)/b22-20-,23-21-/t40-,43?/m0/s1. The molecule has 3 atom stereocenters. The fourth-order valence-corrected chi connectivity index (χ4v) is 6.83. The van der Waals surface area contributed by atoms with Crippen LogP contribution in [0.4, 0.5) is 0 Å². The Morgan fingerprint density at radius 1 is 0.585 bits per heavy atom. The van der Waals surface area contributed by atoms with Gasteiger partial charge < -0.3 is 19.7 Å². The topological polar surface area (TPSA) is 120 Å². The van der Waals surface area contributed by atoms with Gasteiger partial charge in [-0.15, -0.1) is 0 Å². The second-order valence-electron chi connectivity index (χ2n) is 14.5. The molecule has 0 amide bonds. The van der Waals surface area contributed by atoms with Crippen molar-refractivity contribution in [1.29, 1.82) is 0 Å². The first-order valence-corrected chi connectivity index (χ1v) is 23.3. The molecule has 0 saturated carbocycles. The van der Waals surface area contributed by atoms with E-state index >= 15 is 0 Å². The zero-order valence-corrected chi connectivity index (χ0v) is 35.5. The van der Waals surface area contributed by atoms with E-state index < -0.39 is 32.2 Å². The van der Waals surface area contributed by atoms with Crippen LogP contribution in [0.15, 0.2) is 24.3 Å². The second kappa shape index (κ2) is 38.8. The minimum atomic E-state index is -4.58. The number of ether oxygens (including phenoxy) is 2. The lowest BCUT2D eigenvalue weighted by Gasteiger charge is -2.25. The number of allylic oxidation sites excluding steroid dienone is 4. The minimum Gasteiger partial charge on any atom is -0.456 e. The smallest absolute Gasteiger partial charge is 0.456 e. The van der Waals surface area contributed by atoms with Crippen LogP contribution in [0.2, 0.25) is 0 Å². The van der Waals surface area contributed by atoms with E-state index in [9.17, 15) is 19.0 Å². The highest BCUT2D eigenvalue weighted by molar-refractivity contribution is 7.47. The molecule has 0 heterocycles. The van der Waals surface area contributed by atoms with Crippen molar-refractivity contribution >= 4 is 19.8 Å². The lowest BCUT2D eigenvalue weighted by Crippen LogP contribution is -2.35. The van der Waals surface area contributed by atoms with Crippen LogP contribution in [-0.2, 0) is 32.7 Å². The molecular weight excluding hydrogens is 689 g/mol. The molecule has 0 aromatic rings. The molecular formula is C43H82NO8P. The van der Waals surface area contributed by atoms with Gasteiger partial charge in [0.2, 0.25) is 6.29 Å². The Morgan fingerprint density at radius 2 is 0.962 bits per heavy atom. The Balaban J connectivity index is 4.42. The van der Waals surface area contributed by atoms with Gasteiger partial charge in [0.25, 0.3) is 0 Å². The Hall–Kier alpha value is -1.51. The summed E-state index contributed by atoms with van der Waals surface area (Å²) in [7, 11) is -4.58. The highest BCUT2D eigenvalue weighted by Crippen LogP contribution is 2.45. The van der Waals surface area contributed by atoms with Gasteiger partial charge in [0.05, 0.1) is 6.61 Å². The summed E-state index contributed by atoms with van der Waals surface area (Å²) in [5.74, 6) is -1.03. The number of esters is 2. The van der Waals surface area contributed by atoms with Gasteiger partial charge >= 0.3 is 19.8 Å². The lowest BCUT2D eigenvalue weighted by atomic mass is 10.1. The SMILES string of the molecule is CCCCCCCC/C=C\CCCCCCCC(=O)OC(OP(=O)(O)OCCNCC)[C@H](C)OC(=O)CCCCCCC/C=C\CCCCCCCC. The third-order valence-electron chi connectivity index (χ3n) is 9.25. The number of carbonyl (C=O) groups is 2. The number of rotatable bonds is 40. The van der Waals surface area contributed by atoms with Crippen molar-refractivity contribution < 1.29 is 37.6 Å². The normalized spacial score (nSPS) is 14.1. The average molecular weight is 772 g/mol. The predicted octanol–water partition coefficient (Wildman–Crippen LogP) is 12.6. The largest absolute Gasteiger partial charge is 0.475 e. The van der Waals surface area contributed by atoms with E-state index in [0.717, 1.165) is 64.2 Å². The number of likely N-dealkylation sites (N-methyl/N-ethyl adjacent to an activating group) is 1. The number of hydrogen-bond donors (Lipinski definition) is 2. The summed E-state index contributed by atoms with van der Waals surface area (Å²) in [5, 5.41) is 3.00. The molecule has 0 aromatic carbocycles. The molecule has 0 fully saturated rings. The number of phosphoric ester groups is 1. The maximum absolute atomic E-state index is 12.7. The molecule has 0 aliphatic rings. The van der Waals surface area contributed by atoms with Gasteiger partial charge in [-0.3, -0.25) is 14.1 Å². The van der Waals surface area contributed by atoms with E-state index in [1.54, 1.807) is 0 Å². The zero-order valence-electron chi connectivity index (χ0n) is 34.6. The van der Waals surface area contributed by atoms with Crippen molar-refractivity contribution in [2.75, 3.05) is 19.7 Å². The van der Waals surface area contributed by atoms with Crippen molar-refractivity contribution in [3.05, 3.63) is 24.3 Å². The Kier molecular flexibility index (Phi) is 37.6. The van der Waals surface area contributed by atoms with Crippen molar-refractivity contribution in [3.8, 4) is 0 Å². The zero-order chi connectivity index (χ0) is 39.1. The van der Waals surface area contributed by atoms with E-state index in [-0.39, 0.29) is 19.4 Å². The van der Waals surface area contributed by atoms with Gasteiger partial charge in [0.1, 0.15) is 0 Å². The fourth-order valence-electron chi connectivity index (χ4n) is 5.97. The molecule has 9 nitrogen and oxygen atoms in total. The first-order valence-electron chi connectivity index (χ1n) is 21.8. The first kappa shape index (κ1) is 51.5. The summed E-state index contributed by atoms with van der Waals surface area (Å²) in [4.78, 5) is 35.6. The van der Waals surface area contributed by atoms with Gasteiger partial charge in [-0.2, -0.15) is 0 Å². The number of nitrogens with one attached hydrogen (secondary N) is 1. The number of hydrogen-bond acceptors (Lipinski definition) is 8. The maximum atomic E-state index is 12.7. The molecule has 0 aliphatic heterocycles.